The summed E-state index contributed by atoms with van der Waals surface area (Å²) < 4.78 is 48.6. The number of methoxy groups -OCH3 is 1. The molecular weight excluding hydrogens is 851 g/mol. The molecule has 2 aromatic heterocycles. The summed E-state index contributed by atoms with van der Waals surface area (Å²) in [5.41, 5.74) is 6.07. The van der Waals surface area contributed by atoms with E-state index in [0.29, 0.717) is 112 Å². The lowest BCUT2D eigenvalue weighted by Gasteiger charge is -2.29. The zero-order chi connectivity index (χ0) is 44.8. The monoisotopic (exact) mass is 915 g/mol. The van der Waals surface area contributed by atoms with Crippen LogP contribution in [0.3, 0.4) is 0 Å². The van der Waals surface area contributed by atoms with Crippen LogP contribution < -0.4 is 29.3 Å². The van der Waals surface area contributed by atoms with Gasteiger partial charge in [-0.15, -0.1) is 22.7 Å². The fraction of sp³-hybridized carbons (Fsp3) is 0.440. The first-order valence-corrected chi connectivity index (χ1v) is 23.8. The first kappa shape index (κ1) is 48.8. The quantitative estimate of drug-likeness (QED) is 0.0922. The minimum atomic E-state index is 0.0571. The molecule has 0 radical (unpaired) electrons. The summed E-state index contributed by atoms with van der Waals surface area (Å²) >= 11 is 3.34. The van der Waals surface area contributed by atoms with Crippen molar-refractivity contribution in [2.75, 3.05) is 134 Å². The van der Waals surface area contributed by atoms with Crippen LogP contribution in [0.15, 0.2) is 78.9 Å². The van der Waals surface area contributed by atoms with Crippen molar-refractivity contribution in [2.24, 2.45) is 0 Å². The Balaban J connectivity index is 1.26. The van der Waals surface area contributed by atoms with E-state index in [-0.39, 0.29) is 6.61 Å². The summed E-state index contributed by atoms with van der Waals surface area (Å²) in [6.07, 6.45) is 4.25. The van der Waals surface area contributed by atoms with Gasteiger partial charge >= 0.3 is 0 Å². The zero-order valence-electron chi connectivity index (χ0n) is 37.8. The van der Waals surface area contributed by atoms with E-state index < -0.39 is 0 Å². The lowest BCUT2D eigenvalue weighted by molar-refractivity contribution is 0.0498. The summed E-state index contributed by atoms with van der Waals surface area (Å²) in [6.45, 7) is 15.3. The van der Waals surface area contributed by atoms with Crippen LogP contribution in [0, 0.1) is 13.8 Å². The van der Waals surface area contributed by atoms with Crippen LogP contribution in [-0.4, -0.2) is 124 Å². The van der Waals surface area contributed by atoms with Crippen LogP contribution in [0.5, 0.6) is 17.2 Å². The molecule has 3 heterocycles. The molecule has 3 aromatic carbocycles. The number of nitrogens with one attached hydrogen (secondary N) is 1. The number of aliphatic hydroxyl groups is 1. The standard InChI is InChI=1S/C50H65N3O9S2/c1-5-56-29-30-58-24-19-52-20-25-59-32-31-57-23-18-51-43-13-6-38(2)34-46(43)60-26-21-53(22-27-61-47-35-39(3)7-14-44(47)52)45-15-9-40(36-48(45)62-33-28-55-4)8-10-41-11-16-49(63-41)50-17-12-42(37-54)64-50/h6-17,34-36,51,54H,5,18-33,37H2,1-4H3/b10-8+. The second-order valence-corrected chi connectivity index (χ2v) is 17.4. The Morgan fingerprint density at radius 1 is 0.688 bits per heavy atom. The third kappa shape index (κ3) is 15.5. The molecule has 2 N–H and O–H groups in total. The van der Waals surface area contributed by atoms with Gasteiger partial charge in [0.15, 0.2) is 0 Å². The summed E-state index contributed by atoms with van der Waals surface area (Å²) in [7, 11) is 1.68. The maximum atomic E-state index is 9.55. The highest BCUT2D eigenvalue weighted by molar-refractivity contribution is 7.22. The number of aliphatic hydroxyl groups excluding tert-OH is 1. The molecule has 0 atom stereocenters. The summed E-state index contributed by atoms with van der Waals surface area (Å²) in [5, 5.41) is 13.1. The lowest BCUT2D eigenvalue weighted by atomic mass is 10.1. The summed E-state index contributed by atoms with van der Waals surface area (Å²) in [6, 6.07) is 27.2. The molecule has 0 unspecified atom stereocenters. The van der Waals surface area contributed by atoms with E-state index in [1.807, 2.05) is 13.0 Å². The predicted octanol–water partition coefficient (Wildman–Crippen LogP) is 9.06. The third-order valence-corrected chi connectivity index (χ3v) is 12.7. The molecule has 0 saturated heterocycles. The molecule has 12 nitrogen and oxygen atoms in total. The first-order valence-electron chi connectivity index (χ1n) is 22.2. The Kier molecular flexibility index (Phi) is 20.6. The highest BCUT2D eigenvalue weighted by Gasteiger charge is 2.18. The van der Waals surface area contributed by atoms with Gasteiger partial charge in [-0.2, -0.15) is 0 Å². The Bertz CT molecular complexity index is 2160. The predicted molar refractivity (Wildman–Crippen MR) is 262 cm³/mol. The van der Waals surface area contributed by atoms with Crippen molar-refractivity contribution < 1.29 is 43.0 Å². The van der Waals surface area contributed by atoms with E-state index in [9.17, 15) is 5.11 Å². The Morgan fingerprint density at radius 3 is 2.22 bits per heavy atom. The number of aryl methyl sites for hydroxylation is 2. The van der Waals surface area contributed by atoms with E-state index in [1.54, 1.807) is 29.8 Å². The topological polar surface area (TPSA) is 113 Å². The van der Waals surface area contributed by atoms with Crippen LogP contribution in [0.1, 0.15) is 33.4 Å². The Labute approximate surface area is 387 Å². The Morgan fingerprint density at radius 2 is 1.42 bits per heavy atom. The average molecular weight is 916 g/mol. The maximum Gasteiger partial charge on any atom is 0.143 e. The van der Waals surface area contributed by atoms with Crippen molar-refractivity contribution in [1.82, 2.24) is 0 Å². The number of hydrogen-bond acceptors (Lipinski definition) is 14. The molecule has 0 spiro atoms. The third-order valence-electron chi connectivity index (χ3n) is 10.3. The minimum Gasteiger partial charge on any atom is -0.490 e. The van der Waals surface area contributed by atoms with Gasteiger partial charge in [0.25, 0.3) is 0 Å². The van der Waals surface area contributed by atoms with E-state index in [1.165, 1.54) is 4.88 Å². The molecule has 14 heteroatoms. The van der Waals surface area contributed by atoms with Crippen molar-refractivity contribution in [2.45, 2.75) is 27.4 Å². The highest BCUT2D eigenvalue weighted by atomic mass is 32.1. The molecular formula is C50H65N3O9S2. The number of anilines is 3. The zero-order valence-corrected chi connectivity index (χ0v) is 39.4. The average Bonchev–Trinajstić information content (AvgIpc) is 3.99. The molecule has 1 aliphatic heterocycles. The SMILES string of the molecule is CCOCCOCCN1CCOCCOCCNc2ccc(C)cc2OCCN(c2ccc(/C=C/c3ccc(-c4ccc(CO)s4)s3)cc2OCCOC)CCOc2cc(C)ccc21. The maximum absolute atomic E-state index is 9.55. The van der Waals surface area contributed by atoms with Gasteiger partial charge in [-0.25, -0.2) is 0 Å². The lowest BCUT2D eigenvalue weighted by Crippen LogP contribution is -2.34. The van der Waals surface area contributed by atoms with Gasteiger partial charge in [0, 0.05) is 52.9 Å². The van der Waals surface area contributed by atoms with E-state index in [4.69, 9.17) is 37.9 Å². The molecule has 0 bridgehead atoms. The molecule has 1 aliphatic rings. The van der Waals surface area contributed by atoms with Gasteiger partial charge in [0.2, 0.25) is 0 Å². The van der Waals surface area contributed by atoms with Gasteiger partial charge in [-0.05, 0) is 104 Å². The minimum absolute atomic E-state index is 0.0571. The van der Waals surface area contributed by atoms with Crippen LogP contribution in [0.4, 0.5) is 17.1 Å². The van der Waals surface area contributed by atoms with Crippen molar-refractivity contribution in [3.05, 3.63) is 105 Å². The van der Waals surface area contributed by atoms with Gasteiger partial charge in [0.05, 0.1) is 89.6 Å². The van der Waals surface area contributed by atoms with Gasteiger partial charge in [-0.1, -0.05) is 24.3 Å². The number of benzene rings is 3. The van der Waals surface area contributed by atoms with Crippen LogP contribution in [-0.2, 0) is 30.3 Å². The van der Waals surface area contributed by atoms with Crippen LogP contribution in [0.25, 0.3) is 21.9 Å². The van der Waals surface area contributed by atoms with Crippen molar-refractivity contribution in [1.29, 1.82) is 0 Å². The molecule has 64 heavy (non-hydrogen) atoms. The van der Waals surface area contributed by atoms with E-state index >= 15 is 0 Å². The van der Waals surface area contributed by atoms with Gasteiger partial charge in [-0.3, -0.25) is 0 Å². The van der Waals surface area contributed by atoms with Crippen molar-refractivity contribution in [3.63, 3.8) is 0 Å². The molecule has 0 aliphatic carbocycles. The second kappa shape index (κ2) is 27.0. The van der Waals surface area contributed by atoms with Gasteiger partial charge in [0.1, 0.15) is 37.1 Å². The van der Waals surface area contributed by atoms with Crippen LogP contribution >= 0.6 is 22.7 Å². The number of ether oxygens (including phenoxy) is 8. The smallest absolute Gasteiger partial charge is 0.143 e. The molecule has 0 amide bonds. The first-order chi connectivity index (χ1) is 31.4. The Hall–Kier alpha value is -4.64. The number of hydrogen-bond donors (Lipinski definition) is 2. The number of rotatable bonds is 16. The molecule has 0 saturated carbocycles. The van der Waals surface area contributed by atoms with Crippen LogP contribution in [0.2, 0.25) is 0 Å². The van der Waals surface area contributed by atoms with Gasteiger partial charge < -0.3 is 58.1 Å². The van der Waals surface area contributed by atoms with Crippen molar-refractivity contribution >= 4 is 51.9 Å². The fourth-order valence-electron chi connectivity index (χ4n) is 7.02. The molecule has 6 rings (SSSR count). The molecule has 0 fully saturated rings. The number of thiophene rings is 2. The molecule has 5 aromatic rings. The normalized spacial score (nSPS) is 14.8. The molecule has 346 valence electrons. The second-order valence-electron chi connectivity index (χ2n) is 15.1. The van der Waals surface area contributed by atoms with Crippen molar-refractivity contribution in [3.8, 4) is 27.0 Å². The fourth-order valence-corrected chi connectivity index (χ4v) is 8.89. The summed E-state index contributed by atoms with van der Waals surface area (Å²) in [4.78, 5) is 8.97. The largest absolute Gasteiger partial charge is 0.490 e. The van der Waals surface area contributed by atoms with E-state index in [2.05, 4.69) is 114 Å². The summed E-state index contributed by atoms with van der Waals surface area (Å²) in [5.74, 6) is 2.34. The number of fused-ring (bicyclic) bond motifs is 2. The van der Waals surface area contributed by atoms with E-state index in [0.717, 1.165) is 65.6 Å². The highest BCUT2D eigenvalue weighted by Crippen LogP contribution is 2.36. The number of nitrogens with zero attached hydrogens (tertiary/aromatic N) is 2.